The van der Waals surface area contributed by atoms with E-state index in [-0.39, 0.29) is 23.5 Å². The van der Waals surface area contributed by atoms with E-state index in [1.165, 1.54) is 10.5 Å². The maximum Gasteiger partial charge on any atom is 0.325 e. The van der Waals surface area contributed by atoms with E-state index in [9.17, 15) is 9.59 Å². The number of urea groups is 1. The highest BCUT2D eigenvalue weighted by Gasteiger charge is 2.67. The Balaban J connectivity index is 1.86. The van der Waals surface area contributed by atoms with Crippen molar-refractivity contribution in [3.8, 4) is 0 Å². The van der Waals surface area contributed by atoms with E-state index in [2.05, 4.69) is 27.3 Å². The molecule has 6 heteroatoms. The van der Waals surface area contributed by atoms with Crippen molar-refractivity contribution in [2.75, 3.05) is 13.7 Å². The number of benzene rings is 1. The average molecular weight is 407 g/mol. The predicted octanol–water partition coefficient (Wildman–Crippen LogP) is 3.35. The van der Waals surface area contributed by atoms with E-state index in [1.807, 2.05) is 19.1 Å². The summed E-state index contributed by atoms with van der Waals surface area (Å²) in [4.78, 5) is 27.4. The van der Waals surface area contributed by atoms with Gasteiger partial charge >= 0.3 is 6.03 Å². The van der Waals surface area contributed by atoms with Crippen LogP contribution in [0.4, 0.5) is 4.79 Å². The number of imide groups is 1. The van der Waals surface area contributed by atoms with E-state index in [4.69, 9.17) is 4.74 Å². The van der Waals surface area contributed by atoms with E-state index < -0.39 is 5.54 Å². The van der Waals surface area contributed by atoms with Crippen molar-refractivity contribution in [2.24, 2.45) is 5.41 Å². The maximum absolute atomic E-state index is 13.5. The van der Waals surface area contributed by atoms with Gasteiger partial charge in [0.15, 0.2) is 5.54 Å². The molecule has 2 fully saturated rings. The molecule has 1 aromatic carbocycles. The zero-order chi connectivity index (χ0) is 17.8. The molecule has 1 saturated heterocycles. The SMILES string of the molecule is CCN1C(=O)NC2(C1=O)c1cc(Br)ccc1CC21CCC(OC)CC1. The molecule has 4 rings (SSSR count). The summed E-state index contributed by atoms with van der Waals surface area (Å²) in [7, 11) is 1.75. The third-order valence-corrected chi connectivity index (χ3v) is 6.94. The van der Waals surface area contributed by atoms with Gasteiger partial charge in [0.05, 0.1) is 6.10 Å². The molecule has 2 aliphatic carbocycles. The van der Waals surface area contributed by atoms with Gasteiger partial charge in [0, 0.05) is 23.5 Å². The number of likely N-dealkylation sites (N-methyl/N-ethyl adjacent to an activating group) is 1. The van der Waals surface area contributed by atoms with Gasteiger partial charge in [-0.15, -0.1) is 0 Å². The van der Waals surface area contributed by atoms with Gasteiger partial charge in [-0.2, -0.15) is 0 Å². The van der Waals surface area contributed by atoms with Crippen molar-refractivity contribution in [3.05, 3.63) is 33.8 Å². The number of nitrogens with one attached hydrogen (secondary N) is 1. The summed E-state index contributed by atoms with van der Waals surface area (Å²) in [6.45, 7) is 2.24. The van der Waals surface area contributed by atoms with Gasteiger partial charge < -0.3 is 10.1 Å². The Hall–Kier alpha value is -1.40. The first-order valence-electron chi connectivity index (χ1n) is 8.93. The van der Waals surface area contributed by atoms with Crippen LogP contribution in [0.1, 0.15) is 43.7 Å². The topological polar surface area (TPSA) is 58.6 Å². The number of rotatable bonds is 2. The summed E-state index contributed by atoms with van der Waals surface area (Å²) in [5.41, 5.74) is 0.942. The Labute approximate surface area is 156 Å². The number of ether oxygens (including phenoxy) is 1. The van der Waals surface area contributed by atoms with Crippen LogP contribution < -0.4 is 5.32 Å². The van der Waals surface area contributed by atoms with Gasteiger partial charge in [-0.3, -0.25) is 9.69 Å². The normalized spacial score (nSPS) is 34.0. The predicted molar refractivity (Wildman–Crippen MR) is 97.1 cm³/mol. The highest BCUT2D eigenvalue weighted by molar-refractivity contribution is 9.10. The van der Waals surface area contributed by atoms with E-state index >= 15 is 0 Å². The number of halogens is 1. The fraction of sp³-hybridized carbons (Fsp3) is 0.579. The summed E-state index contributed by atoms with van der Waals surface area (Å²) < 4.78 is 6.48. The first-order valence-corrected chi connectivity index (χ1v) is 9.72. The number of nitrogens with zero attached hydrogens (tertiary/aromatic N) is 1. The standard InChI is InChI=1S/C19H23BrN2O3/c1-3-22-16(23)19(21-17(22)24)15-10-13(20)5-4-12(15)11-18(19)8-6-14(25-2)7-9-18/h4-5,10,14H,3,6-9,11H2,1-2H3,(H,21,24). The Morgan fingerprint density at radius 3 is 2.64 bits per heavy atom. The molecular weight excluding hydrogens is 384 g/mol. The van der Waals surface area contributed by atoms with Crippen LogP contribution in [0.5, 0.6) is 0 Å². The fourth-order valence-electron chi connectivity index (χ4n) is 5.17. The maximum atomic E-state index is 13.5. The smallest absolute Gasteiger partial charge is 0.325 e. The number of fused-ring (bicyclic) bond motifs is 3. The highest BCUT2D eigenvalue weighted by atomic mass is 79.9. The largest absolute Gasteiger partial charge is 0.381 e. The van der Waals surface area contributed by atoms with Crippen molar-refractivity contribution in [3.63, 3.8) is 0 Å². The van der Waals surface area contributed by atoms with E-state index in [0.717, 1.165) is 42.1 Å². The third-order valence-electron chi connectivity index (χ3n) is 6.45. The summed E-state index contributed by atoms with van der Waals surface area (Å²) in [5.74, 6) is -0.0901. The van der Waals surface area contributed by atoms with Crippen LogP contribution in [-0.2, 0) is 21.5 Å². The molecule has 1 unspecified atom stereocenters. The molecule has 134 valence electrons. The fourth-order valence-corrected chi connectivity index (χ4v) is 5.53. The van der Waals surface area contributed by atoms with Gasteiger partial charge in [0.25, 0.3) is 5.91 Å². The molecule has 1 aliphatic heterocycles. The van der Waals surface area contributed by atoms with Crippen molar-refractivity contribution < 1.29 is 14.3 Å². The van der Waals surface area contributed by atoms with Crippen LogP contribution >= 0.6 is 15.9 Å². The Morgan fingerprint density at radius 1 is 1.32 bits per heavy atom. The minimum Gasteiger partial charge on any atom is -0.381 e. The second kappa shape index (κ2) is 5.81. The molecule has 2 spiro atoms. The molecule has 0 aromatic heterocycles. The lowest BCUT2D eigenvalue weighted by molar-refractivity contribution is -0.138. The number of amides is 3. The Kier molecular flexibility index (Phi) is 3.96. The average Bonchev–Trinajstić information content (AvgIpc) is 3.02. The first kappa shape index (κ1) is 17.0. The van der Waals surface area contributed by atoms with Gasteiger partial charge in [0.2, 0.25) is 0 Å². The second-order valence-electron chi connectivity index (χ2n) is 7.42. The third kappa shape index (κ3) is 2.16. The Bertz CT molecular complexity index is 742. The minimum absolute atomic E-state index is 0.0901. The lowest BCUT2D eigenvalue weighted by Gasteiger charge is -2.46. The van der Waals surface area contributed by atoms with Crippen LogP contribution in [-0.4, -0.2) is 36.6 Å². The summed E-state index contributed by atoms with van der Waals surface area (Å²) >= 11 is 3.54. The van der Waals surface area contributed by atoms with Gasteiger partial charge in [0.1, 0.15) is 0 Å². The van der Waals surface area contributed by atoms with Crippen molar-refractivity contribution in [2.45, 2.75) is 50.7 Å². The molecule has 0 radical (unpaired) electrons. The van der Waals surface area contributed by atoms with Gasteiger partial charge in [-0.25, -0.2) is 4.79 Å². The number of carbonyl (C=O) groups excluding carboxylic acids is 2. The monoisotopic (exact) mass is 406 g/mol. The zero-order valence-electron chi connectivity index (χ0n) is 14.6. The molecule has 1 atom stereocenters. The summed E-state index contributed by atoms with van der Waals surface area (Å²) in [5, 5.41) is 3.13. The lowest BCUT2D eigenvalue weighted by Crippen LogP contribution is -2.56. The molecule has 3 aliphatic rings. The molecule has 1 N–H and O–H groups in total. The molecule has 1 aromatic rings. The van der Waals surface area contributed by atoms with Gasteiger partial charge in [-0.05, 0) is 62.3 Å². The second-order valence-corrected chi connectivity index (χ2v) is 8.34. The van der Waals surface area contributed by atoms with Crippen molar-refractivity contribution >= 4 is 27.9 Å². The number of methoxy groups -OCH3 is 1. The molecular formula is C19H23BrN2O3. The molecule has 25 heavy (non-hydrogen) atoms. The van der Waals surface area contributed by atoms with Crippen molar-refractivity contribution in [1.82, 2.24) is 10.2 Å². The minimum atomic E-state index is -0.933. The van der Waals surface area contributed by atoms with Crippen LogP contribution in [0.15, 0.2) is 22.7 Å². The van der Waals surface area contributed by atoms with Crippen LogP contribution in [0, 0.1) is 5.41 Å². The number of hydrogen-bond donors (Lipinski definition) is 1. The Morgan fingerprint density at radius 2 is 2.04 bits per heavy atom. The van der Waals surface area contributed by atoms with Gasteiger partial charge in [-0.1, -0.05) is 22.0 Å². The van der Waals surface area contributed by atoms with Crippen LogP contribution in [0.25, 0.3) is 0 Å². The molecule has 0 bridgehead atoms. The number of hydrogen-bond acceptors (Lipinski definition) is 3. The first-order chi connectivity index (χ1) is 12.0. The molecule has 1 saturated carbocycles. The number of carbonyl (C=O) groups is 2. The quantitative estimate of drug-likeness (QED) is 0.766. The molecule has 3 amide bonds. The van der Waals surface area contributed by atoms with E-state index in [0.29, 0.717) is 6.54 Å². The summed E-state index contributed by atoms with van der Waals surface area (Å²) in [6.07, 6.45) is 4.66. The zero-order valence-corrected chi connectivity index (χ0v) is 16.2. The van der Waals surface area contributed by atoms with Crippen LogP contribution in [0.2, 0.25) is 0 Å². The molecule has 1 heterocycles. The van der Waals surface area contributed by atoms with Crippen LogP contribution in [0.3, 0.4) is 0 Å². The van der Waals surface area contributed by atoms with Crippen molar-refractivity contribution in [1.29, 1.82) is 0 Å². The lowest BCUT2D eigenvalue weighted by atomic mass is 9.61. The summed E-state index contributed by atoms with van der Waals surface area (Å²) in [6, 6.07) is 5.86. The van der Waals surface area contributed by atoms with E-state index in [1.54, 1.807) is 7.11 Å². The molecule has 5 nitrogen and oxygen atoms in total. The highest BCUT2D eigenvalue weighted by Crippen LogP contribution is 2.60.